The number of pyridine rings is 1. The standard InChI is InChI=1S/C14H12BrN3O2/c1-9(19)10-4-6-11(7-5-10)17-14(20)18-12-3-2-8-16-13(12)15/h2-8H,1H3,(H2,17,18,20). The lowest BCUT2D eigenvalue weighted by atomic mass is 10.1. The van der Waals surface area contributed by atoms with Gasteiger partial charge in [0.2, 0.25) is 0 Å². The molecule has 0 aliphatic rings. The average molecular weight is 334 g/mol. The number of Topliss-reactive ketones (excluding diaryl/α,β-unsaturated/α-hetero) is 1. The molecule has 0 saturated heterocycles. The van der Waals surface area contributed by atoms with Gasteiger partial charge in [-0.05, 0) is 59.3 Å². The van der Waals surface area contributed by atoms with Gasteiger partial charge in [0.05, 0.1) is 5.69 Å². The van der Waals surface area contributed by atoms with Crippen LogP contribution in [0.3, 0.4) is 0 Å². The van der Waals surface area contributed by atoms with Crippen LogP contribution in [0.2, 0.25) is 0 Å². The zero-order chi connectivity index (χ0) is 14.5. The van der Waals surface area contributed by atoms with Gasteiger partial charge in [-0.15, -0.1) is 0 Å². The summed E-state index contributed by atoms with van der Waals surface area (Å²) < 4.78 is 0.557. The first kappa shape index (κ1) is 14.2. The zero-order valence-corrected chi connectivity index (χ0v) is 12.3. The second kappa shape index (κ2) is 6.29. The number of anilines is 2. The molecule has 20 heavy (non-hydrogen) atoms. The Kier molecular flexibility index (Phi) is 4.47. The van der Waals surface area contributed by atoms with Crippen LogP contribution in [0.4, 0.5) is 16.2 Å². The Balaban J connectivity index is 2.01. The normalized spacial score (nSPS) is 9.90. The molecule has 2 rings (SSSR count). The molecule has 2 amide bonds. The van der Waals surface area contributed by atoms with Crippen molar-refractivity contribution in [3.63, 3.8) is 0 Å². The van der Waals surface area contributed by atoms with Gasteiger partial charge < -0.3 is 10.6 Å². The molecule has 0 bridgehead atoms. The molecular weight excluding hydrogens is 322 g/mol. The van der Waals surface area contributed by atoms with E-state index in [9.17, 15) is 9.59 Å². The van der Waals surface area contributed by atoms with Crippen molar-refractivity contribution in [2.75, 3.05) is 10.6 Å². The predicted octanol–water partition coefficient (Wildman–Crippen LogP) is 3.69. The third kappa shape index (κ3) is 3.64. The van der Waals surface area contributed by atoms with E-state index >= 15 is 0 Å². The van der Waals surface area contributed by atoms with E-state index in [0.29, 0.717) is 21.5 Å². The maximum Gasteiger partial charge on any atom is 0.323 e. The van der Waals surface area contributed by atoms with Gasteiger partial charge in [0.15, 0.2) is 5.78 Å². The van der Waals surface area contributed by atoms with E-state index in [1.807, 2.05) is 0 Å². The van der Waals surface area contributed by atoms with Crippen molar-refractivity contribution in [3.8, 4) is 0 Å². The van der Waals surface area contributed by atoms with Crippen LogP contribution in [-0.4, -0.2) is 16.8 Å². The van der Waals surface area contributed by atoms with Crippen LogP contribution in [0.25, 0.3) is 0 Å². The molecule has 6 heteroatoms. The summed E-state index contributed by atoms with van der Waals surface area (Å²) in [6.45, 7) is 1.50. The van der Waals surface area contributed by atoms with Crippen molar-refractivity contribution in [2.45, 2.75) is 6.92 Å². The van der Waals surface area contributed by atoms with Crippen molar-refractivity contribution in [2.24, 2.45) is 0 Å². The van der Waals surface area contributed by atoms with E-state index < -0.39 is 0 Å². The van der Waals surface area contributed by atoms with Crippen LogP contribution >= 0.6 is 15.9 Å². The minimum atomic E-state index is -0.380. The van der Waals surface area contributed by atoms with Gasteiger partial charge in [-0.2, -0.15) is 0 Å². The molecule has 0 saturated carbocycles. The number of carbonyl (C=O) groups excluding carboxylic acids is 2. The molecule has 0 unspecified atom stereocenters. The molecule has 2 aromatic rings. The number of halogens is 1. The van der Waals surface area contributed by atoms with E-state index in [0.717, 1.165) is 0 Å². The highest BCUT2D eigenvalue weighted by molar-refractivity contribution is 9.10. The third-order valence-electron chi connectivity index (χ3n) is 2.56. The summed E-state index contributed by atoms with van der Waals surface area (Å²) in [5, 5.41) is 5.34. The quantitative estimate of drug-likeness (QED) is 0.664. The zero-order valence-electron chi connectivity index (χ0n) is 10.7. The van der Waals surface area contributed by atoms with Gasteiger partial charge in [0.25, 0.3) is 0 Å². The maximum atomic E-state index is 11.8. The van der Waals surface area contributed by atoms with Crippen molar-refractivity contribution in [1.29, 1.82) is 0 Å². The molecule has 2 N–H and O–H groups in total. The first-order chi connectivity index (χ1) is 9.56. The van der Waals surface area contributed by atoms with E-state index in [1.165, 1.54) is 6.92 Å². The molecule has 102 valence electrons. The first-order valence-corrected chi connectivity index (χ1v) is 6.65. The number of aromatic nitrogens is 1. The molecular formula is C14H12BrN3O2. The minimum absolute atomic E-state index is 0.0136. The van der Waals surface area contributed by atoms with Gasteiger partial charge in [-0.1, -0.05) is 0 Å². The molecule has 0 fully saturated rings. The molecule has 1 aromatic carbocycles. The van der Waals surface area contributed by atoms with E-state index in [4.69, 9.17) is 0 Å². The summed E-state index contributed by atoms with van der Waals surface area (Å²) in [5.74, 6) is -0.0136. The minimum Gasteiger partial charge on any atom is -0.308 e. The predicted molar refractivity (Wildman–Crippen MR) is 81.0 cm³/mol. The number of hydrogen-bond donors (Lipinski definition) is 2. The fraction of sp³-hybridized carbons (Fsp3) is 0.0714. The summed E-state index contributed by atoms with van der Waals surface area (Å²) in [7, 11) is 0. The van der Waals surface area contributed by atoms with E-state index in [-0.39, 0.29) is 11.8 Å². The van der Waals surface area contributed by atoms with Gasteiger partial charge in [0.1, 0.15) is 4.60 Å². The number of carbonyl (C=O) groups is 2. The Hall–Kier alpha value is -2.21. The Bertz CT molecular complexity index is 641. The number of nitrogens with one attached hydrogen (secondary N) is 2. The molecule has 0 radical (unpaired) electrons. The second-order valence-corrected chi connectivity index (χ2v) is 4.81. The number of ketones is 1. The molecule has 0 atom stereocenters. The monoisotopic (exact) mass is 333 g/mol. The van der Waals surface area contributed by atoms with Gasteiger partial charge >= 0.3 is 6.03 Å². The summed E-state index contributed by atoms with van der Waals surface area (Å²) in [5.41, 5.74) is 1.78. The number of hydrogen-bond acceptors (Lipinski definition) is 3. The van der Waals surface area contributed by atoms with Crippen molar-refractivity contribution >= 4 is 39.1 Å². The van der Waals surface area contributed by atoms with Gasteiger partial charge in [-0.25, -0.2) is 9.78 Å². The maximum absolute atomic E-state index is 11.8. The largest absolute Gasteiger partial charge is 0.323 e. The molecule has 0 aliphatic heterocycles. The molecule has 0 spiro atoms. The van der Waals surface area contributed by atoms with Crippen molar-refractivity contribution in [1.82, 2.24) is 4.98 Å². The first-order valence-electron chi connectivity index (χ1n) is 5.86. The smallest absolute Gasteiger partial charge is 0.308 e. The van der Waals surface area contributed by atoms with Crippen LogP contribution < -0.4 is 10.6 Å². The van der Waals surface area contributed by atoms with E-state index in [2.05, 4.69) is 31.5 Å². The Labute approximate surface area is 124 Å². The fourth-order valence-corrected chi connectivity index (χ4v) is 1.90. The Morgan fingerprint density at radius 3 is 2.40 bits per heavy atom. The summed E-state index contributed by atoms with van der Waals surface area (Å²) in [6.07, 6.45) is 1.62. The summed E-state index contributed by atoms with van der Waals surface area (Å²) in [4.78, 5) is 27.0. The third-order valence-corrected chi connectivity index (χ3v) is 3.19. The average Bonchev–Trinajstić information content (AvgIpc) is 2.42. The summed E-state index contributed by atoms with van der Waals surface area (Å²) in [6, 6.07) is 9.76. The number of benzene rings is 1. The molecule has 1 aromatic heterocycles. The Morgan fingerprint density at radius 2 is 1.80 bits per heavy atom. The SMILES string of the molecule is CC(=O)c1ccc(NC(=O)Nc2cccnc2Br)cc1. The van der Waals surface area contributed by atoms with Crippen LogP contribution in [0, 0.1) is 0 Å². The highest BCUT2D eigenvalue weighted by Gasteiger charge is 2.06. The van der Waals surface area contributed by atoms with Gasteiger partial charge in [0, 0.05) is 17.4 Å². The lowest BCUT2D eigenvalue weighted by Gasteiger charge is -2.08. The van der Waals surface area contributed by atoms with Crippen LogP contribution in [0.1, 0.15) is 17.3 Å². The van der Waals surface area contributed by atoms with E-state index in [1.54, 1.807) is 42.6 Å². The molecule has 5 nitrogen and oxygen atoms in total. The number of urea groups is 1. The van der Waals surface area contributed by atoms with Crippen LogP contribution in [0.5, 0.6) is 0 Å². The van der Waals surface area contributed by atoms with Crippen molar-refractivity contribution in [3.05, 3.63) is 52.8 Å². The molecule has 0 aliphatic carbocycles. The fourth-order valence-electron chi connectivity index (χ4n) is 1.55. The topological polar surface area (TPSA) is 71.1 Å². The lowest BCUT2D eigenvalue weighted by Crippen LogP contribution is -2.19. The highest BCUT2D eigenvalue weighted by Crippen LogP contribution is 2.18. The number of rotatable bonds is 3. The Morgan fingerprint density at radius 1 is 1.10 bits per heavy atom. The lowest BCUT2D eigenvalue weighted by molar-refractivity contribution is 0.101. The van der Waals surface area contributed by atoms with Gasteiger partial charge in [-0.3, -0.25) is 4.79 Å². The number of amides is 2. The molecule has 1 heterocycles. The number of nitrogens with zero attached hydrogens (tertiary/aromatic N) is 1. The van der Waals surface area contributed by atoms with Crippen molar-refractivity contribution < 1.29 is 9.59 Å². The highest BCUT2D eigenvalue weighted by atomic mass is 79.9. The van der Waals surface area contributed by atoms with Crippen LogP contribution in [0.15, 0.2) is 47.2 Å². The summed E-state index contributed by atoms with van der Waals surface area (Å²) >= 11 is 3.24. The second-order valence-electron chi connectivity index (χ2n) is 4.05. The van der Waals surface area contributed by atoms with Crippen LogP contribution in [-0.2, 0) is 0 Å².